The normalized spacial score (nSPS) is 14.9. The van der Waals surface area contributed by atoms with Crippen molar-refractivity contribution in [1.29, 1.82) is 0 Å². The summed E-state index contributed by atoms with van der Waals surface area (Å²) >= 11 is 11.8. The first kappa shape index (κ1) is 19.8. The Hall–Kier alpha value is -1.97. The second kappa shape index (κ2) is 9.29. The quantitative estimate of drug-likeness (QED) is 0.470. The number of halogens is 2. The van der Waals surface area contributed by atoms with Crippen molar-refractivity contribution < 1.29 is 9.53 Å². The number of rotatable bonds is 7. The number of aryl methyl sites for hydroxylation is 1. The van der Waals surface area contributed by atoms with Gasteiger partial charge in [-0.1, -0.05) is 18.2 Å². The van der Waals surface area contributed by atoms with Crippen LogP contribution in [0, 0.1) is 0 Å². The summed E-state index contributed by atoms with van der Waals surface area (Å²) in [5, 5.41) is 0. The van der Waals surface area contributed by atoms with Crippen LogP contribution in [0.15, 0.2) is 48.0 Å². The monoisotopic (exact) mass is 403 g/mol. The number of alkyl halides is 2. The first-order valence-corrected chi connectivity index (χ1v) is 10.1. The van der Waals surface area contributed by atoms with Crippen molar-refractivity contribution in [1.82, 2.24) is 0 Å². The fraction of sp³-hybridized carbons (Fsp3) is 0.318. The third-order valence-corrected chi connectivity index (χ3v) is 5.16. The molecule has 142 valence electrons. The van der Waals surface area contributed by atoms with Gasteiger partial charge in [-0.25, -0.2) is 0 Å². The maximum atomic E-state index is 12.9. The summed E-state index contributed by atoms with van der Waals surface area (Å²) < 4.78 is 5.26. The van der Waals surface area contributed by atoms with Gasteiger partial charge in [-0.15, -0.1) is 23.2 Å². The first-order chi connectivity index (χ1) is 13.2. The van der Waals surface area contributed by atoms with Gasteiger partial charge in [-0.2, -0.15) is 0 Å². The molecule has 0 bridgehead atoms. The van der Waals surface area contributed by atoms with Gasteiger partial charge in [0.1, 0.15) is 5.75 Å². The van der Waals surface area contributed by atoms with Crippen LogP contribution in [0.5, 0.6) is 5.75 Å². The van der Waals surface area contributed by atoms with Crippen LogP contribution in [-0.2, 0) is 6.42 Å². The van der Waals surface area contributed by atoms with Crippen LogP contribution in [0.2, 0.25) is 0 Å². The number of carbonyl (C=O) groups excluding carboxylic acids is 1. The van der Waals surface area contributed by atoms with Gasteiger partial charge in [0.15, 0.2) is 5.78 Å². The number of allylic oxidation sites excluding steroid dienone is 1. The summed E-state index contributed by atoms with van der Waals surface area (Å²) in [7, 11) is 1.62. The van der Waals surface area contributed by atoms with Gasteiger partial charge in [-0.05, 0) is 54.3 Å². The third-order valence-electron chi connectivity index (χ3n) is 4.82. The molecule has 0 heterocycles. The predicted octanol–water partition coefficient (Wildman–Crippen LogP) is 5.19. The predicted molar refractivity (Wildman–Crippen MR) is 114 cm³/mol. The van der Waals surface area contributed by atoms with Gasteiger partial charge in [0.05, 0.1) is 7.11 Å². The minimum atomic E-state index is 0.0881. The number of ether oxygens (including phenoxy) is 1. The molecular formula is C22H23Cl2NO2. The number of ketones is 1. The van der Waals surface area contributed by atoms with E-state index in [1.807, 2.05) is 36.4 Å². The summed E-state index contributed by atoms with van der Waals surface area (Å²) in [5.74, 6) is 1.91. The van der Waals surface area contributed by atoms with Crippen molar-refractivity contribution in [3.63, 3.8) is 0 Å². The maximum absolute atomic E-state index is 12.9. The molecule has 0 spiro atoms. The van der Waals surface area contributed by atoms with Crippen LogP contribution in [0.1, 0.15) is 27.9 Å². The van der Waals surface area contributed by atoms with Crippen molar-refractivity contribution in [3.05, 3.63) is 64.7 Å². The zero-order chi connectivity index (χ0) is 19.2. The van der Waals surface area contributed by atoms with Gasteiger partial charge in [-0.3, -0.25) is 4.79 Å². The number of methoxy groups -OCH3 is 1. The molecule has 1 aliphatic carbocycles. The summed E-state index contributed by atoms with van der Waals surface area (Å²) in [6.45, 7) is 1.51. The number of Topliss-reactive ketones (excluding diaryl/α,β-unsaturated/α-hetero) is 1. The third kappa shape index (κ3) is 4.66. The molecule has 2 aromatic rings. The summed E-state index contributed by atoms with van der Waals surface area (Å²) in [5.41, 5.74) is 4.78. The molecule has 0 radical (unpaired) electrons. The van der Waals surface area contributed by atoms with Crippen LogP contribution < -0.4 is 9.64 Å². The molecule has 5 heteroatoms. The molecule has 0 saturated carbocycles. The van der Waals surface area contributed by atoms with Crippen LogP contribution in [0.4, 0.5) is 5.69 Å². The van der Waals surface area contributed by atoms with Gasteiger partial charge < -0.3 is 9.64 Å². The molecule has 0 amide bonds. The number of fused-ring (bicyclic) bond motifs is 1. The molecule has 0 atom stereocenters. The first-order valence-electron chi connectivity index (χ1n) is 9.05. The lowest BCUT2D eigenvalue weighted by atomic mass is 9.86. The molecule has 3 rings (SSSR count). The van der Waals surface area contributed by atoms with Crippen molar-refractivity contribution in [3.8, 4) is 5.75 Å². The lowest BCUT2D eigenvalue weighted by Crippen LogP contribution is -2.27. The highest BCUT2D eigenvalue weighted by Gasteiger charge is 2.22. The number of carbonyl (C=O) groups is 1. The molecule has 3 nitrogen and oxygen atoms in total. The average molecular weight is 404 g/mol. The molecule has 0 saturated heterocycles. The number of anilines is 1. The van der Waals surface area contributed by atoms with E-state index in [4.69, 9.17) is 27.9 Å². The van der Waals surface area contributed by atoms with Crippen LogP contribution >= 0.6 is 23.2 Å². The molecule has 0 fully saturated rings. The highest BCUT2D eigenvalue weighted by Crippen LogP contribution is 2.29. The summed E-state index contributed by atoms with van der Waals surface area (Å²) in [6, 6.07) is 13.9. The Labute approximate surface area is 170 Å². The minimum Gasteiger partial charge on any atom is -0.497 e. The van der Waals surface area contributed by atoms with E-state index in [0.717, 1.165) is 53.9 Å². The SMILES string of the molecule is COc1ccc2c(c1)C(=O)/C(=C/c1ccc(N(CCCl)CCCl)cc1)CC2. The van der Waals surface area contributed by atoms with Gasteiger partial charge >= 0.3 is 0 Å². The number of hydrogen-bond donors (Lipinski definition) is 0. The standard InChI is InChI=1S/C22H23Cl2NO2/c1-27-20-9-6-17-4-5-18(22(26)21(17)15-20)14-16-2-7-19(8-3-16)25(12-10-23)13-11-24/h2-3,6-9,14-15H,4-5,10-13H2,1H3/b18-14+. The second-order valence-electron chi connectivity index (χ2n) is 6.48. The van der Waals surface area contributed by atoms with Gasteiger partial charge in [0.25, 0.3) is 0 Å². The average Bonchev–Trinajstić information content (AvgIpc) is 2.70. The van der Waals surface area contributed by atoms with E-state index >= 15 is 0 Å². The van der Waals surface area contributed by atoms with E-state index in [9.17, 15) is 4.79 Å². The Morgan fingerprint density at radius 3 is 2.37 bits per heavy atom. The topological polar surface area (TPSA) is 29.5 Å². The van der Waals surface area contributed by atoms with Gasteiger partial charge in [0, 0.05) is 41.7 Å². The molecule has 2 aromatic carbocycles. The molecule has 0 N–H and O–H groups in total. The Morgan fingerprint density at radius 1 is 1.04 bits per heavy atom. The minimum absolute atomic E-state index is 0.0881. The summed E-state index contributed by atoms with van der Waals surface area (Å²) in [4.78, 5) is 15.0. The van der Waals surface area contributed by atoms with Crippen LogP contribution in [0.3, 0.4) is 0 Å². The molecule has 27 heavy (non-hydrogen) atoms. The molecular weight excluding hydrogens is 381 g/mol. The Bertz CT molecular complexity index is 825. The highest BCUT2D eigenvalue weighted by molar-refractivity contribution is 6.18. The fourth-order valence-electron chi connectivity index (χ4n) is 3.36. The zero-order valence-corrected chi connectivity index (χ0v) is 16.9. The second-order valence-corrected chi connectivity index (χ2v) is 7.23. The zero-order valence-electron chi connectivity index (χ0n) is 15.4. The lowest BCUT2D eigenvalue weighted by molar-refractivity contribution is 0.102. The van der Waals surface area contributed by atoms with E-state index in [1.165, 1.54) is 0 Å². The molecule has 0 aliphatic heterocycles. The number of hydrogen-bond acceptors (Lipinski definition) is 3. The van der Waals surface area contributed by atoms with E-state index in [0.29, 0.717) is 17.5 Å². The van der Waals surface area contributed by atoms with Crippen molar-refractivity contribution >= 4 is 40.7 Å². The van der Waals surface area contributed by atoms with E-state index in [2.05, 4.69) is 17.0 Å². The van der Waals surface area contributed by atoms with Crippen molar-refractivity contribution in [2.45, 2.75) is 12.8 Å². The Balaban J connectivity index is 1.81. The molecule has 0 aromatic heterocycles. The largest absolute Gasteiger partial charge is 0.497 e. The number of benzene rings is 2. The number of nitrogens with zero attached hydrogens (tertiary/aromatic N) is 1. The van der Waals surface area contributed by atoms with Crippen molar-refractivity contribution in [2.24, 2.45) is 0 Å². The Morgan fingerprint density at radius 2 is 1.74 bits per heavy atom. The van der Waals surface area contributed by atoms with E-state index in [-0.39, 0.29) is 5.78 Å². The fourth-order valence-corrected chi connectivity index (χ4v) is 3.77. The van der Waals surface area contributed by atoms with Crippen LogP contribution in [0.25, 0.3) is 6.08 Å². The lowest BCUT2D eigenvalue weighted by Gasteiger charge is -2.23. The Kier molecular flexibility index (Phi) is 6.81. The van der Waals surface area contributed by atoms with E-state index in [1.54, 1.807) is 7.11 Å². The van der Waals surface area contributed by atoms with Gasteiger partial charge in [0.2, 0.25) is 0 Å². The molecule has 1 aliphatic rings. The summed E-state index contributed by atoms with van der Waals surface area (Å²) in [6.07, 6.45) is 3.61. The van der Waals surface area contributed by atoms with Crippen LogP contribution in [-0.4, -0.2) is 37.7 Å². The highest BCUT2D eigenvalue weighted by atomic mass is 35.5. The van der Waals surface area contributed by atoms with E-state index < -0.39 is 0 Å². The smallest absolute Gasteiger partial charge is 0.189 e. The molecule has 0 unspecified atom stereocenters. The van der Waals surface area contributed by atoms with Crippen molar-refractivity contribution in [2.75, 3.05) is 36.9 Å². The maximum Gasteiger partial charge on any atom is 0.189 e.